The minimum atomic E-state index is 0.668. The Morgan fingerprint density at radius 2 is 2.08 bits per heavy atom. The highest BCUT2D eigenvalue weighted by Gasteiger charge is 2.02. The first-order chi connectivity index (χ1) is 6.33. The second kappa shape index (κ2) is 4.51. The van der Waals surface area contributed by atoms with Gasteiger partial charge in [-0.25, -0.2) is 0 Å². The summed E-state index contributed by atoms with van der Waals surface area (Å²) in [7, 11) is 0. The molecule has 0 unspecified atom stereocenters. The average Bonchev–Trinajstić information content (AvgIpc) is 2.18. The fraction of sp³-hybridized carbons (Fsp3) is 0.167. The first-order valence-corrected chi connectivity index (χ1v) is 4.34. The van der Waals surface area contributed by atoms with E-state index >= 15 is 0 Å². The van der Waals surface area contributed by atoms with E-state index in [0.717, 1.165) is 16.9 Å². The third kappa shape index (κ3) is 2.00. The van der Waals surface area contributed by atoms with Crippen molar-refractivity contribution in [2.75, 3.05) is 6.61 Å². The minimum Gasteiger partial charge on any atom is -0.493 e. The fourth-order valence-electron chi connectivity index (χ4n) is 1.24. The van der Waals surface area contributed by atoms with Crippen LogP contribution in [0.1, 0.15) is 18.1 Å². The van der Waals surface area contributed by atoms with Crippen LogP contribution in [0.5, 0.6) is 5.75 Å². The largest absolute Gasteiger partial charge is 0.493 e. The van der Waals surface area contributed by atoms with E-state index < -0.39 is 0 Å². The van der Waals surface area contributed by atoms with Crippen LogP contribution in [0.3, 0.4) is 0 Å². The first-order valence-electron chi connectivity index (χ1n) is 4.34. The molecular weight excluding hydrogens is 160 g/mol. The topological polar surface area (TPSA) is 9.23 Å². The third-order valence-electron chi connectivity index (χ3n) is 1.82. The van der Waals surface area contributed by atoms with Crippen molar-refractivity contribution >= 4 is 12.2 Å². The smallest absolute Gasteiger partial charge is 0.127 e. The van der Waals surface area contributed by atoms with Crippen molar-refractivity contribution in [2.24, 2.45) is 0 Å². The monoisotopic (exact) mass is 174 g/mol. The van der Waals surface area contributed by atoms with Crippen LogP contribution in [0.15, 0.2) is 31.4 Å². The molecule has 0 saturated heterocycles. The van der Waals surface area contributed by atoms with Crippen LogP contribution < -0.4 is 4.74 Å². The van der Waals surface area contributed by atoms with Gasteiger partial charge in [-0.1, -0.05) is 37.4 Å². The molecule has 1 aromatic carbocycles. The summed E-state index contributed by atoms with van der Waals surface area (Å²) in [6, 6.07) is 5.88. The van der Waals surface area contributed by atoms with Crippen LogP contribution in [0.25, 0.3) is 12.2 Å². The quantitative estimate of drug-likeness (QED) is 0.680. The van der Waals surface area contributed by atoms with Crippen molar-refractivity contribution in [2.45, 2.75) is 6.92 Å². The van der Waals surface area contributed by atoms with E-state index in [1.165, 1.54) is 0 Å². The molecule has 13 heavy (non-hydrogen) atoms. The highest BCUT2D eigenvalue weighted by atomic mass is 16.5. The van der Waals surface area contributed by atoms with Gasteiger partial charge < -0.3 is 4.74 Å². The molecule has 1 nitrogen and oxygen atoms in total. The maximum absolute atomic E-state index is 5.45. The predicted octanol–water partition coefficient (Wildman–Crippen LogP) is 3.37. The van der Waals surface area contributed by atoms with Gasteiger partial charge in [-0.3, -0.25) is 0 Å². The molecule has 0 radical (unpaired) electrons. The van der Waals surface area contributed by atoms with Gasteiger partial charge in [-0.05, 0) is 18.6 Å². The van der Waals surface area contributed by atoms with Gasteiger partial charge >= 0.3 is 0 Å². The standard InChI is InChI=1S/C12H14O/c1-4-10-8-7-9-12(13-6-3)11(10)5-2/h4-5,7-9H,1-2,6H2,3H3. The SMILES string of the molecule is C=Cc1cccc(OCC)c1C=C. The van der Waals surface area contributed by atoms with Crippen molar-refractivity contribution < 1.29 is 4.74 Å². The molecule has 0 atom stereocenters. The molecule has 68 valence electrons. The summed E-state index contributed by atoms with van der Waals surface area (Å²) in [5.74, 6) is 0.870. The summed E-state index contributed by atoms with van der Waals surface area (Å²) in [5, 5.41) is 0. The Kier molecular flexibility index (Phi) is 3.32. The molecule has 0 aliphatic carbocycles. The van der Waals surface area contributed by atoms with Crippen LogP contribution in [0, 0.1) is 0 Å². The summed E-state index contributed by atoms with van der Waals surface area (Å²) < 4.78 is 5.45. The molecule has 1 rings (SSSR count). The van der Waals surface area contributed by atoms with Crippen molar-refractivity contribution in [3.63, 3.8) is 0 Å². The van der Waals surface area contributed by atoms with Crippen LogP contribution in [0.2, 0.25) is 0 Å². The molecule has 1 aromatic rings. The van der Waals surface area contributed by atoms with Gasteiger partial charge in [0.05, 0.1) is 6.61 Å². The van der Waals surface area contributed by atoms with Crippen LogP contribution in [-0.4, -0.2) is 6.61 Å². The average molecular weight is 174 g/mol. The Labute approximate surface area is 79.4 Å². The third-order valence-corrected chi connectivity index (χ3v) is 1.82. The molecule has 0 heterocycles. The molecule has 0 aliphatic rings. The van der Waals surface area contributed by atoms with Crippen molar-refractivity contribution in [3.8, 4) is 5.75 Å². The fourth-order valence-corrected chi connectivity index (χ4v) is 1.24. The number of hydrogen-bond donors (Lipinski definition) is 0. The summed E-state index contributed by atoms with van der Waals surface area (Å²) in [4.78, 5) is 0. The summed E-state index contributed by atoms with van der Waals surface area (Å²) in [5.41, 5.74) is 2.07. The number of rotatable bonds is 4. The number of ether oxygens (including phenoxy) is 1. The lowest BCUT2D eigenvalue weighted by molar-refractivity contribution is 0.339. The Hall–Kier alpha value is -1.50. The molecule has 0 aliphatic heterocycles. The van der Waals surface area contributed by atoms with E-state index in [9.17, 15) is 0 Å². The maximum Gasteiger partial charge on any atom is 0.127 e. The van der Waals surface area contributed by atoms with Gasteiger partial charge in [0.25, 0.3) is 0 Å². The van der Waals surface area contributed by atoms with Gasteiger partial charge in [0.1, 0.15) is 5.75 Å². The highest BCUT2D eigenvalue weighted by molar-refractivity contribution is 5.68. The maximum atomic E-state index is 5.45. The van der Waals surface area contributed by atoms with Gasteiger partial charge in [-0.15, -0.1) is 0 Å². The van der Waals surface area contributed by atoms with E-state index in [-0.39, 0.29) is 0 Å². The molecule has 0 bridgehead atoms. The van der Waals surface area contributed by atoms with Gasteiger partial charge in [0.15, 0.2) is 0 Å². The van der Waals surface area contributed by atoms with Crippen LogP contribution in [0.4, 0.5) is 0 Å². The lowest BCUT2D eigenvalue weighted by atomic mass is 10.1. The molecule has 0 fully saturated rings. The van der Waals surface area contributed by atoms with E-state index in [4.69, 9.17) is 4.74 Å². The Morgan fingerprint density at radius 1 is 1.31 bits per heavy atom. The second-order valence-electron chi connectivity index (χ2n) is 2.60. The van der Waals surface area contributed by atoms with Gasteiger partial charge in [0, 0.05) is 5.56 Å². The summed E-state index contributed by atoms with van der Waals surface area (Å²) >= 11 is 0. The molecule has 0 saturated carbocycles. The van der Waals surface area contributed by atoms with Gasteiger partial charge in [0.2, 0.25) is 0 Å². The van der Waals surface area contributed by atoms with Gasteiger partial charge in [-0.2, -0.15) is 0 Å². The summed E-state index contributed by atoms with van der Waals surface area (Å²) in [6.07, 6.45) is 3.60. The van der Waals surface area contributed by atoms with Crippen LogP contribution in [-0.2, 0) is 0 Å². The summed E-state index contributed by atoms with van der Waals surface area (Å²) in [6.45, 7) is 10.1. The lowest BCUT2D eigenvalue weighted by Crippen LogP contribution is -1.94. The molecule has 0 N–H and O–H groups in total. The second-order valence-corrected chi connectivity index (χ2v) is 2.60. The predicted molar refractivity (Wildman–Crippen MR) is 57.8 cm³/mol. The zero-order valence-electron chi connectivity index (χ0n) is 7.92. The van der Waals surface area contributed by atoms with E-state index in [0.29, 0.717) is 6.61 Å². The first kappa shape index (κ1) is 9.59. The lowest BCUT2D eigenvalue weighted by Gasteiger charge is -2.09. The highest BCUT2D eigenvalue weighted by Crippen LogP contribution is 2.24. The number of benzene rings is 1. The Bertz CT molecular complexity index is 313. The normalized spacial score (nSPS) is 9.31. The molecule has 0 spiro atoms. The zero-order chi connectivity index (χ0) is 9.68. The zero-order valence-corrected chi connectivity index (χ0v) is 7.92. The van der Waals surface area contributed by atoms with Crippen molar-refractivity contribution in [3.05, 3.63) is 42.5 Å². The minimum absolute atomic E-state index is 0.668. The molecule has 0 amide bonds. The van der Waals surface area contributed by atoms with Crippen LogP contribution >= 0.6 is 0 Å². The van der Waals surface area contributed by atoms with E-state index in [1.807, 2.05) is 25.1 Å². The van der Waals surface area contributed by atoms with Crippen molar-refractivity contribution in [1.29, 1.82) is 0 Å². The van der Waals surface area contributed by atoms with E-state index in [2.05, 4.69) is 13.2 Å². The Morgan fingerprint density at radius 3 is 2.62 bits per heavy atom. The molecular formula is C12H14O. The van der Waals surface area contributed by atoms with Crippen molar-refractivity contribution in [1.82, 2.24) is 0 Å². The molecule has 1 heteroatoms. The Balaban J connectivity index is 3.18. The molecule has 0 aromatic heterocycles. The number of hydrogen-bond acceptors (Lipinski definition) is 1. The van der Waals surface area contributed by atoms with E-state index in [1.54, 1.807) is 12.2 Å².